The Kier molecular flexibility index (Phi) is 2.69. The van der Waals surface area contributed by atoms with Gasteiger partial charge in [-0.05, 0) is 30.5 Å². The topological polar surface area (TPSA) is 60.2 Å². The number of hydrogen-bond acceptors (Lipinski definition) is 3. The van der Waals surface area contributed by atoms with Gasteiger partial charge in [-0.3, -0.25) is 0 Å². The Morgan fingerprint density at radius 3 is 2.40 bits per heavy atom. The summed E-state index contributed by atoms with van der Waals surface area (Å²) >= 11 is 0. The van der Waals surface area contributed by atoms with Gasteiger partial charge < -0.3 is 5.73 Å². The van der Waals surface area contributed by atoms with Gasteiger partial charge in [-0.2, -0.15) is 0 Å². The van der Waals surface area contributed by atoms with Crippen molar-refractivity contribution in [2.75, 3.05) is 11.5 Å². The van der Waals surface area contributed by atoms with Crippen molar-refractivity contribution in [1.29, 1.82) is 0 Å². The van der Waals surface area contributed by atoms with Gasteiger partial charge in [0.15, 0.2) is 9.84 Å². The largest absolute Gasteiger partial charge is 0.399 e. The summed E-state index contributed by atoms with van der Waals surface area (Å²) < 4.78 is 23.7. The Bertz CT molecular complexity index is 436. The van der Waals surface area contributed by atoms with Gasteiger partial charge in [0, 0.05) is 5.69 Å². The van der Waals surface area contributed by atoms with E-state index in [-0.39, 0.29) is 5.25 Å². The molecule has 0 aromatic heterocycles. The van der Waals surface area contributed by atoms with E-state index in [1.807, 2.05) is 12.1 Å². The summed E-state index contributed by atoms with van der Waals surface area (Å²) in [5.74, 6) is 0.321. The van der Waals surface area contributed by atoms with Crippen LogP contribution in [0.1, 0.15) is 30.1 Å². The zero-order valence-electron chi connectivity index (χ0n) is 8.52. The minimum atomic E-state index is -2.93. The fraction of sp³-hybridized carbons (Fsp3) is 0.455. The molecule has 15 heavy (non-hydrogen) atoms. The quantitative estimate of drug-likeness (QED) is 0.743. The van der Waals surface area contributed by atoms with Crippen LogP contribution in [0.15, 0.2) is 24.3 Å². The molecule has 0 saturated carbocycles. The van der Waals surface area contributed by atoms with Crippen LogP contribution >= 0.6 is 0 Å². The second-order valence-corrected chi connectivity index (χ2v) is 6.32. The lowest BCUT2D eigenvalue weighted by atomic mass is 10.1. The molecular formula is C11H15NO2S. The first-order chi connectivity index (χ1) is 7.09. The molecule has 1 fully saturated rings. The third kappa shape index (κ3) is 2.15. The van der Waals surface area contributed by atoms with Gasteiger partial charge in [0.1, 0.15) is 0 Å². The van der Waals surface area contributed by atoms with Crippen LogP contribution in [0, 0.1) is 0 Å². The van der Waals surface area contributed by atoms with Gasteiger partial charge in [0.2, 0.25) is 0 Å². The van der Waals surface area contributed by atoms with Crippen LogP contribution in [-0.2, 0) is 9.84 Å². The molecule has 0 aliphatic carbocycles. The first-order valence-electron chi connectivity index (χ1n) is 5.16. The molecule has 0 bridgehead atoms. The molecule has 1 unspecified atom stereocenters. The molecule has 0 amide bonds. The van der Waals surface area contributed by atoms with E-state index < -0.39 is 9.84 Å². The number of rotatable bonds is 1. The monoisotopic (exact) mass is 225 g/mol. The first-order valence-corrected chi connectivity index (χ1v) is 6.88. The third-order valence-electron chi connectivity index (χ3n) is 2.89. The van der Waals surface area contributed by atoms with Gasteiger partial charge in [0.25, 0.3) is 0 Å². The predicted octanol–water partition coefficient (Wildman–Crippen LogP) is 1.91. The van der Waals surface area contributed by atoms with Crippen molar-refractivity contribution in [3.05, 3.63) is 29.8 Å². The van der Waals surface area contributed by atoms with Gasteiger partial charge in [-0.1, -0.05) is 18.6 Å². The third-order valence-corrected chi connectivity index (χ3v) is 5.12. The van der Waals surface area contributed by atoms with Crippen molar-refractivity contribution in [2.45, 2.75) is 24.5 Å². The van der Waals surface area contributed by atoms with Gasteiger partial charge in [-0.25, -0.2) is 8.42 Å². The van der Waals surface area contributed by atoms with Crippen molar-refractivity contribution in [3.8, 4) is 0 Å². The number of anilines is 1. The molecule has 0 spiro atoms. The van der Waals surface area contributed by atoms with E-state index in [4.69, 9.17) is 5.73 Å². The van der Waals surface area contributed by atoms with Crippen molar-refractivity contribution in [1.82, 2.24) is 0 Å². The summed E-state index contributed by atoms with van der Waals surface area (Å²) in [7, 11) is -2.93. The summed E-state index contributed by atoms with van der Waals surface area (Å²) in [6.07, 6.45) is 2.54. The molecular weight excluding hydrogens is 210 g/mol. The summed E-state index contributed by atoms with van der Waals surface area (Å²) in [6, 6.07) is 7.17. The highest BCUT2D eigenvalue weighted by Crippen LogP contribution is 2.33. The van der Waals surface area contributed by atoms with Crippen LogP contribution in [0.5, 0.6) is 0 Å². The summed E-state index contributed by atoms with van der Waals surface area (Å²) in [6.45, 7) is 0. The van der Waals surface area contributed by atoms with E-state index >= 15 is 0 Å². The Hall–Kier alpha value is -1.03. The van der Waals surface area contributed by atoms with Gasteiger partial charge in [0.05, 0.1) is 11.0 Å². The van der Waals surface area contributed by atoms with Gasteiger partial charge in [-0.15, -0.1) is 0 Å². The molecule has 1 aromatic rings. The minimum Gasteiger partial charge on any atom is -0.399 e. The Labute approximate surface area is 90.2 Å². The molecule has 1 atom stereocenters. The van der Waals surface area contributed by atoms with Crippen LogP contribution in [0.25, 0.3) is 0 Å². The number of nitrogens with two attached hydrogens (primary N) is 1. The highest BCUT2D eigenvalue weighted by Gasteiger charge is 2.29. The van der Waals surface area contributed by atoms with E-state index in [2.05, 4.69) is 0 Å². The molecule has 82 valence electrons. The summed E-state index contributed by atoms with van der Waals surface area (Å²) in [5.41, 5.74) is 7.13. The smallest absolute Gasteiger partial charge is 0.157 e. The lowest BCUT2D eigenvalue weighted by Gasteiger charge is -2.22. The van der Waals surface area contributed by atoms with E-state index in [1.54, 1.807) is 12.1 Å². The SMILES string of the molecule is Nc1ccc(C2CCCCS2(=O)=O)cc1. The van der Waals surface area contributed by atoms with E-state index in [0.717, 1.165) is 24.8 Å². The number of benzene rings is 1. The zero-order chi connectivity index (χ0) is 10.9. The fourth-order valence-corrected chi connectivity index (χ4v) is 4.03. The minimum absolute atomic E-state index is 0.313. The summed E-state index contributed by atoms with van der Waals surface area (Å²) in [4.78, 5) is 0. The average molecular weight is 225 g/mol. The second-order valence-electron chi connectivity index (χ2n) is 4.02. The molecule has 1 aromatic carbocycles. The van der Waals surface area contributed by atoms with E-state index in [9.17, 15) is 8.42 Å². The highest BCUT2D eigenvalue weighted by atomic mass is 32.2. The molecule has 1 heterocycles. The second kappa shape index (κ2) is 3.85. The lowest BCUT2D eigenvalue weighted by molar-refractivity contribution is 0.546. The number of hydrogen-bond donors (Lipinski definition) is 1. The molecule has 1 aliphatic rings. The van der Waals surface area contributed by atoms with Crippen LogP contribution < -0.4 is 5.73 Å². The van der Waals surface area contributed by atoms with E-state index in [1.165, 1.54) is 0 Å². The number of nitrogen functional groups attached to an aromatic ring is 1. The Morgan fingerprint density at radius 2 is 1.80 bits per heavy atom. The van der Waals surface area contributed by atoms with Crippen molar-refractivity contribution < 1.29 is 8.42 Å². The molecule has 4 heteroatoms. The van der Waals surface area contributed by atoms with Crippen LogP contribution in [0.3, 0.4) is 0 Å². The zero-order valence-corrected chi connectivity index (χ0v) is 9.33. The number of sulfone groups is 1. The fourth-order valence-electron chi connectivity index (χ4n) is 2.04. The molecule has 2 N–H and O–H groups in total. The van der Waals surface area contributed by atoms with Crippen LogP contribution in [0.4, 0.5) is 5.69 Å². The van der Waals surface area contributed by atoms with Crippen LogP contribution in [0.2, 0.25) is 0 Å². The maximum Gasteiger partial charge on any atom is 0.157 e. The first kappa shape index (κ1) is 10.5. The average Bonchev–Trinajstić information content (AvgIpc) is 2.19. The molecule has 2 rings (SSSR count). The van der Waals surface area contributed by atoms with Crippen LogP contribution in [-0.4, -0.2) is 14.2 Å². The normalized spacial score (nSPS) is 24.9. The maximum atomic E-state index is 11.8. The van der Waals surface area contributed by atoms with Crippen molar-refractivity contribution >= 4 is 15.5 Å². The van der Waals surface area contributed by atoms with Crippen molar-refractivity contribution in [3.63, 3.8) is 0 Å². The maximum absolute atomic E-state index is 11.8. The van der Waals surface area contributed by atoms with Crippen molar-refractivity contribution in [2.24, 2.45) is 0 Å². The Balaban J connectivity index is 2.33. The highest BCUT2D eigenvalue weighted by molar-refractivity contribution is 7.91. The molecule has 1 saturated heterocycles. The lowest BCUT2D eigenvalue weighted by Crippen LogP contribution is -2.21. The van der Waals surface area contributed by atoms with Gasteiger partial charge >= 0.3 is 0 Å². The molecule has 3 nitrogen and oxygen atoms in total. The molecule has 1 aliphatic heterocycles. The molecule has 0 radical (unpaired) electrons. The predicted molar refractivity (Wildman–Crippen MR) is 61.2 cm³/mol. The summed E-state index contributed by atoms with van der Waals surface area (Å²) in [5, 5.41) is -0.313. The Morgan fingerprint density at radius 1 is 1.13 bits per heavy atom. The standard InChI is InChI=1S/C11H15NO2S/c12-10-6-4-9(5-7-10)11-3-1-2-8-15(11,13)14/h4-7,11H,1-3,8,12H2. The van der Waals surface area contributed by atoms with E-state index in [0.29, 0.717) is 11.4 Å².